The van der Waals surface area contributed by atoms with Gasteiger partial charge in [0.15, 0.2) is 5.82 Å². The summed E-state index contributed by atoms with van der Waals surface area (Å²) in [4.78, 5) is 32.9. The smallest absolute Gasteiger partial charge is 0.269 e. The molecular weight excluding hydrogens is 446 g/mol. The van der Waals surface area contributed by atoms with Crippen LogP contribution in [0.3, 0.4) is 0 Å². The molecule has 0 radical (unpaired) electrons. The number of carbonyl (C=O) groups excluding carboxylic acids is 1. The van der Waals surface area contributed by atoms with Crippen LogP contribution in [0.1, 0.15) is 24.1 Å². The molecule has 0 aliphatic carbocycles. The number of amides is 1. The van der Waals surface area contributed by atoms with E-state index in [2.05, 4.69) is 20.6 Å². The van der Waals surface area contributed by atoms with Gasteiger partial charge in [0.05, 0.1) is 22.4 Å². The highest BCUT2D eigenvalue weighted by Gasteiger charge is 2.35. The van der Waals surface area contributed by atoms with E-state index in [-0.39, 0.29) is 11.6 Å². The van der Waals surface area contributed by atoms with E-state index in [1.807, 2.05) is 31.2 Å². The van der Waals surface area contributed by atoms with Crippen LogP contribution in [0.2, 0.25) is 0 Å². The van der Waals surface area contributed by atoms with Crippen molar-refractivity contribution in [3.63, 3.8) is 0 Å². The molecule has 1 amide bonds. The van der Waals surface area contributed by atoms with Crippen molar-refractivity contribution in [3.8, 4) is 11.4 Å². The molecule has 174 valence electrons. The minimum atomic E-state index is -0.658. The van der Waals surface area contributed by atoms with Gasteiger partial charge in [-0.05, 0) is 49.2 Å². The lowest BCUT2D eigenvalue weighted by atomic mass is 9.95. The molecule has 35 heavy (non-hydrogen) atoms. The molecule has 3 heterocycles. The summed E-state index contributed by atoms with van der Waals surface area (Å²) in [7, 11) is 0. The SMILES string of the molecule is CC1=C(C(=O)Nc2cccnc2)C(c2ccc([N+](=O)[O-])cc2)n2nc(-c3ccccc3C)nc2N1. The Labute approximate surface area is 200 Å². The van der Waals surface area contributed by atoms with Gasteiger partial charge in [0.1, 0.15) is 6.04 Å². The van der Waals surface area contributed by atoms with Gasteiger partial charge in [0.25, 0.3) is 11.6 Å². The molecule has 4 aromatic rings. The third-order valence-electron chi connectivity index (χ3n) is 5.82. The molecular formula is C25H21N7O3. The number of benzene rings is 2. The fourth-order valence-electron chi connectivity index (χ4n) is 4.10. The van der Waals surface area contributed by atoms with Crippen molar-refractivity contribution in [2.24, 2.45) is 0 Å². The number of hydrogen-bond donors (Lipinski definition) is 2. The van der Waals surface area contributed by atoms with Gasteiger partial charge in [-0.2, -0.15) is 4.98 Å². The monoisotopic (exact) mass is 467 g/mol. The second-order valence-electron chi connectivity index (χ2n) is 8.13. The minimum Gasteiger partial charge on any atom is -0.328 e. The third-order valence-corrected chi connectivity index (χ3v) is 5.82. The fraction of sp³-hybridized carbons (Fsp3) is 0.120. The largest absolute Gasteiger partial charge is 0.328 e. The van der Waals surface area contributed by atoms with Gasteiger partial charge in [-0.1, -0.05) is 24.3 Å². The highest BCUT2D eigenvalue weighted by Crippen LogP contribution is 2.37. The lowest BCUT2D eigenvalue weighted by Gasteiger charge is -2.28. The van der Waals surface area contributed by atoms with Crippen molar-refractivity contribution in [3.05, 3.63) is 106 Å². The number of carbonyl (C=O) groups is 1. The second kappa shape index (κ2) is 8.82. The van der Waals surface area contributed by atoms with Gasteiger partial charge in [-0.15, -0.1) is 5.10 Å². The summed E-state index contributed by atoms with van der Waals surface area (Å²) in [5, 5.41) is 22.0. The summed E-state index contributed by atoms with van der Waals surface area (Å²) in [5.41, 5.74) is 4.08. The Kier molecular flexibility index (Phi) is 5.54. The molecule has 1 atom stereocenters. The van der Waals surface area contributed by atoms with Crippen molar-refractivity contribution in [1.29, 1.82) is 0 Å². The highest BCUT2D eigenvalue weighted by molar-refractivity contribution is 6.06. The number of allylic oxidation sites excluding steroid dienone is 1. The van der Waals surface area contributed by atoms with Gasteiger partial charge in [-0.3, -0.25) is 19.9 Å². The number of rotatable bonds is 5. The topological polar surface area (TPSA) is 128 Å². The Morgan fingerprint density at radius 1 is 1.09 bits per heavy atom. The van der Waals surface area contributed by atoms with Crippen molar-refractivity contribution in [1.82, 2.24) is 19.7 Å². The van der Waals surface area contributed by atoms with E-state index in [1.165, 1.54) is 12.1 Å². The van der Waals surface area contributed by atoms with E-state index in [0.29, 0.717) is 34.3 Å². The maximum absolute atomic E-state index is 13.5. The van der Waals surface area contributed by atoms with E-state index in [4.69, 9.17) is 5.10 Å². The number of pyridine rings is 1. The van der Waals surface area contributed by atoms with Crippen molar-refractivity contribution in [2.75, 3.05) is 10.6 Å². The lowest BCUT2D eigenvalue weighted by molar-refractivity contribution is -0.384. The number of nitrogens with zero attached hydrogens (tertiary/aromatic N) is 5. The van der Waals surface area contributed by atoms with Crippen molar-refractivity contribution >= 4 is 23.2 Å². The van der Waals surface area contributed by atoms with Crippen molar-refractivity contribution < 1.29 is 9.72 Å². The van der Waals surface area contributed by atoms with Crippen LogP contribution in [0, 0.1) is 17.0 Å². The van der Waals surface area contributed by atoms with Crippen molar-refractivity contribution in [2.45, 2.75) is 19.9 Å². The maximum Gasteiger partial charge on any atom is 0.269 e. The van der Waals surface area contributed by atoms with Crippen LogP contribution in [0.15, 0.2) is 84.3 Å². The van der Waals surface area contributed by atoms with E-state index < -0.39 is 11.0 Å². The summed E-state index contributed by atoms with van der Waals surface area (Å²) in [5.74, 6) is 0.645. The number of fused-ring (bicyclic) bond motifs is 1. The molecule has 0 bridgehead atoms. The average molecular weight is 467 g/mol. The number of non-ortho nitro benzene ring substituents is 1. The van der Waals surface area contributed by atoms with Crippen LogP contribution in [0.5, 0.6) is 0 Å². The molecule has 1 unspecified atom stereocenters. The Bertz CT molecular complexity index is 1460. The molecule has 1 aliphatic heterocycles. The van der Waals surface area contributed by atoms with Crippen LogP contribution in [-0.2, 0) is 4.79 Å². The third kappa shape index (κ3) is 4.12. The van der Waals surface area contributed by atoms with Gasteiger partial charge in [0, 0.05) is 29.6 Å². The molecule has 10 nitrogen and oxygen atoms in total. The first-order valence-corrected chi connectivity index (χ1v) is 10.9. The molecule has 5 rings (SSSR count). The first-order valence-electron chi connectivity index (χ1n) is 10.9. The molecule has 0 fully saturated rings. The predicted molar refractivity (Wildman–Crippen MR) is 131 cm³/mol. The number of nitro benzene ring substituents is 1. The van der Waals surface area contributed by atoms with Crippen LogP contribution in [-0.4, -0.2) is 30.6 Å². The molecule has 0 spiro atoms. The second-order valence-corrected chi connectivity index (χ2v) is 8.13. The summed E-state index contributed by atoms with van der Waals surface area (Å²) in [6.07, 6.45) is 3.18. The molecule has 2 N–H and O–H groups in total. The average Bonchev–Trinajstić information content (AvgIpc) is 3.27. The van der Waals surface area contributed by atoms with Gasteiger partial charge in [0.2, 0.25) is 5.95 Å². The quantitative estimate of drug-likeness (QED) is 0.327. The number of aryl methyl sites for hydroxylation is 1. The molecule has 0 saturated carbocycles. The zero-order chi connectivity index (χ0) is 24.5. The number of nitrogens with one attached hydrogen (secondary N) is 2. The number of anilines is 2. The molecule has 1 aliphatic rings. The summed E-state index contributed by atoms with van der Waals surface area (Å²) < 4.78 is 1.65. The van der Waals surface area contributed by atoms with E-state index in [9.17, 15) is 14.9 Å². The molecule has 2 aromatic carbocycles. The summed E-state index contributed by atoms with van der Waals surface area (Å²) >= 11 is 0. The Morgan fingerprint density at radius 2 is 1.86 bits per heavy atom. The highest BCUT2D eigenvalue weighted by atomic mass is 16.6. The van der Waals surface area contributed by atoms with E-state index in [1.54, 1.807) is 48.3 Å². The normalized spacial score (nSPS) is 14.7. The summed E-state index contributed by atoms with van der Waals surface area (Å²) in [6, 6.07) is 16.7. The van der Waals surface area contributed by atoms with Crippen LogP contribution >= 0.6 is 0 Å². The molecule has 2 aromatic heterocycles. The predicted octanol–water partition coefficient (Wildman–Crippen LogP) is 4.48. The lowest BCUT2D eigenvalue weighted by Crippen LogP contribution is -2.31. The number of aromatic nitrogens is 4. The Balaban J connectivity index is 1.62. The van der Waals surface area contributed by atoms with Gasteiger partial charge < -0.3 is 10.6 Å². The standard InChI is InChI=1S/C25H21N7O3/c1-15-6-3-4-8-20(15)23-29-25-27-16(2)21(24(33)28-18-7-5-13-26-14-18)22(31(25)30-23)17-9-11-19(12-10-17)32(34)35/h3-14,22H,1-2H3,(H,28,33)(H,27,29,30). The fourth-order valence-corrected chi connectivity index (χ4v) is 4.10. The van der Waals surface area contributed by atoms with E-state index in [0.717, 1.165) is 11.1 Å². The zero-order valence-corrected chi connectivity index (χ0v) is 19.0. The van der Waals surface area contributed by atoms with Gasteiger partial charge >= 0.3 is 0 Å². The molecule has 0 saturated heterocycles. The number of nitro groups is 1. The number of hydrogen-bond acceptors (Lipinski definition) is 7. The first kappa shape index (κ1) is 22.0. The van der Waals surface area contributed by atoms with Gasteiger partial charge in [-0.25, -0.2) is 4.68 Å². The van der Waals surface area contributed by atoms with Crippen LogP contribution in [0.4, 0.5) is 17.3 Å². The molecule has 10 heteroatoms. The summed E-state index contributed by atoms with van der Waals surface area (Å²) in [6.45, 7) is 3.77. The Morgan fingerprint density at radius 3 is 2.54 bits per heavy atom. The van der Waals surface area contributed by atoms with E-state index >= 15 is 0 Å². The van der Waals surface area contributed by atoms with Crippen LogP contribution < -0.4 is 10.6 Å². The first-order chi connectivity index (χ1) is 16.9. The maximum atomic E-state index is 13.5. The zero-order valence-electron chi connectivity index (χ0n) is 19.0. The van der Waals surface area contributed by atoms with Crippen LogP contribution in [0.25, 0.3) is 11.4 Å². The minimum absolute atomic E-state index is 0.0378. The Hall–Kier alpha value is -4.86.